The second-order valence-electron chi connectivity index (χ2n) is 5.58. The molecule has 7 heteroatoms. The maximum atomic E-state index is 12.2. The highest BCUT2D eigenvalue weighted by molar-refractivity contribution is 5.92. The van der Waals surface area contributed by atoms with Crippen LogP contribution in [0.15, 0.2) is 16.9 Å². The van der Waals surface area contributed by atoms with Crippen molar-refractivity contribution in [3.8, 4) is 0 Å². The fourth-order valence-electron chi connectivity index (χ4n) is 2.47. The van der Waals surface area contributed by atoms with Crippen molar-refractivity contribution in [2.45, 2.75) is 32.0 Å². The van der Waals surface area contributed by atoms with Gasteiger partial charge in [0.15, 0.2) is 0 Å². The molecular formula is C14H22N4O3. The van der Waals surface area contributed by atoms with Crippen molar-refractivity contribution in [3.63, 3.8) is 0 Å². The summed E-state index contributed by atoms with van der Waals surface area (Å²) < 4.78 is 6.60. The van der Waals surface area contributed by atoms with E-state index in [9.17, 15) is 9.59 Å². The molecule has 2 heterocycles. The van der Waals surface area contributed by atoms with Crippen molar-refractivity contribution >= 4 is 5.91 Å². The summed E-state index contributed by atoms with van der Waals surface area (Å²) in [5, 5.41) is 6.90. The van der Waals surface area contributed by atoms with Crippen molar-refractivity contribution in [1.29, 1.82) is 0 Å². The van der Waals surface area contributed by atoms with Crippen LogP contribution in [0.3, 0.4) is 0 Å². The van der Waals surface area contributed by atoms with Gasteiger partial charge in [0.05, 0.1) is 12.1 Å². The van der Waals surface area contributed by atoms with Gasteiger partial charge in [-0.05, 0) is 19.9 Å². The molecule has 1 amide bonds. The molecule has 2 rings (SSSR count). The molecule has 0 aromatic carbocycles. The monoisotopic (exact) mass is 294 g/mol. The van der Waals surface area contributed by atoms with E-state index in [1.807, 2.05) is 0 Å². The van der Waals surface area contributed by atoms with E-state index < -0.39 is 0 Å². The van der Waals surface area contributed by atoms with Gasteiger partial charge in [-0.2, -0.15) is 5.10 Å². The molecule has 1 N–H and O–H groups in total. The highest BCUT2D eigenvalue weighted by Crippen LogP contribution is 2.16. The number of nitrogens with one attached hydrogen (secondary N) is 1. The molecule has 1 aromatic heterocycles. The first kappa shape index (κ1) is 15.7. The van der Waals surface area contributed by atoms with Crippen molar-refractivity contribution in [2.24, 2.45) is 7.05 Å². The van der Waals surface area contributed by atoms with Crippen LogP contribution < -0.4 is 10.9 Å². The van der Waals surface area contributed by atoms with E-state index in [0.717, 1.165) is 17.8 Å². The molecule has 21 heavy (non-hydrogen) atoms. The summed E-state index contributed by atoms with van der Waals surface area (Å²) in [7, 11) is 3.17. The quantitative estimate of drug-likeness (QED) is 0.819. The molecule has 0 radical (unpaired) electrons. The lowest BCUT2D eigenvalue weighted by Gasteiger charge is -2.19. The third-order valence-electron chi connectivity index (χ3n) is 3.84. The van der Waals surface area contributed by atoms with Crippen LogP contribution >= 0.6 is 0 Å². The van der Waals surface area contributed by atoms with Gasteiger partial charge in [-0.3, -0.25) is 14.5 Å². The molecule has 1 aromatic rings. The Morgan fingerprint density at radius 3 is 2.71 bits per heavy atom. The molecule has 0 bridgehead atoms. The van der Waals surface area contributed by atoms with Crippen LogP contribution in [-0.4, -0.2) is 59.0 Å². The Morgan fingerprint density at radius 1 is 1.43 bits per heavy atom. The predicted octanol–water partition coefficient (Wildman–Crippen LogP) is -0.382. The largest absolute Gasteiger partial charge is 0.378 e. The van der Waals surface area contributed by atoms with Crippen molar-refractivity contribution in [2.75, 3.05) is 20.2 Å². The van der Waals surface area contributed by atoms with Gasteiger partial charge in [-0.25, -0.2) is 4.68 Å². The minimum Gasteiger partial charge on any atom is -0.378 e. The van der Waals surface area contributed by atoms with Crippen LogP contribution in [0, 0.1) is 0 Å². The van der Waals surface area contributed by atoms with E-state index in [2.05, 4.69) is 29.2 Å². The molecule has 1 fully saturated rings. The number of nitrogens with zero attached hydrogens (tertiary/aromatic N) is 3. The summed E-state index contributed by atoms with van der Waals surface area (Å²) in [4.78, 5) is 25.8. The van der Waals surface area contributed by atoms with Crippen molar-refractivity contribution in [1.82, 2.24) is 20.0 Å². The molecule has 2 atom stereocenters. The minimum absolute atomic E-state index is 0.0381. The van der Waals surface area contributed by atoms with E-state index in [4.69, 9.17) is 4.74 Å². The highest BCUT2D eigenvalue weighted by atomic mass is 16.5. The SMILES string of the molecule is CO[C@H]1CN(C(C)C)C[C@@H]1NC(=O)c1ccc(=O)n(C)n1. The van der Waals surface area contributed by atoms with Gasteiger partial charge in [0.25, 0.3) is 11.5 Å². The number of likely N-dealkylation sites (tertiary alicyclic amines) is 1. The lowest BCUT2D eigenvalue weighted by Crippen LogP contribution is -2.44. The zero-order valence-corrected chi connectivity index (χ0v) is 12.9. The van der Waals surface area contributed by atoms with E-state index >= 15 is 0 Å². The maximum Gasteiger partial charge on any atom is 0.272 e. The van der Waals surface area contributed by atoms with E-state index in [1.54, 1.807) is 7.11 Å². The van der Waals surface area contributed by atoms with E-state index in [-0.39, 0.29) is 29.3 Å². The van der Waals surface area contributed by atoms with Crippen LogP contribution in [-0.2, 0) is 11.8 Å². The summed E-state index contributed by atoms with van der Waals surface area (Å²) in [5.41, 5.74) is -0.0110. The molecule has 1 aliphatic rings. The van der Waals surface area contributed by atoms with E-state index in [1.165, 1.54) is 19.2 Å². The second kappa shape index (κ2) is 6.36. The Morgan fingerprint density at radius 2 is 2.14 bits per heavy atom. The number of methoxy groups -OCH3 is 1. The Labute approximate surface area is 123 Å². The average Bonchev–Trinajstić information content (AvgIpc) is 2.85. The lowest BCUT2D eigenvalue weighted by atomic mass is 10.2. The molecule has 116 valence electrons. The van der Waals surface area contributed by atoms with Crippen LogP contribution in [0.4, 0.5) is 0 Å². The Bertz CT molecular complexity index is 570. The van der Waals surface area contributed by atoms with Gasteiger partial charge in [0, 0.05) is 39.4 Å². The summed E-state index contributed by atoms with van der Waals surface area (Å²) in [6.45, 7) is 5.77. The number of amides is 1. The summed E-state index contributed by atoms with van der Waals surface area (Å²) in [5.74, 6) is -0.289. The Kier molecular flexibility index (Phi) is 4.74. The number of aromatic nitrogens is 2. The number of aryl methyl sites for hydroxylation is 1. The zero-order valence-electron chi connectivity index (χ0n) is 12.9. The standard InChI is InChI=1S/C14H22N4O3/c1-9(2)18-7-11(12(8-18)21-4)15-14(20)10-5-6-13(19)17(3)16-10/h5-6,9,11-12H,7-8H2,1-4H3,(H,15,20)/t11-,12-/m0/s1. The van der Waals surface area contributed by atoms with Crippen LogP contribution in [0.5, 0.6) is 0 Å². The third-order valence-corrected chi connectivity index (χ3v) is 3.84. The third kappa shape index (κ3) is 3.48. The molecule has 0 saturated carbocycles. The lowest BCUT2D eigenvalue weighted by molar-refractivity contribution is 0.0749. The Hall–Kier alpha value is -1.73. The molecule has 1 aliphatic heterocycles. The molecule has 0 aliphatic carbocycles. The highest BCUT2D eigenvalue weighted by Gasteiger charge is 2.35. The average molecular weight is 294 g/mol. The maximum absolute atomic E-state index is 12.2. The molecule has 0 spiro atoms. The van der Waals surface area contributed by atoms with Gasteiger partial charge in [0.1, 0.15) is 5.69 Å². The van der Waals surface area contributed by atoms with Crippen molar-refractivity contribution in [3.05, 3.63) is 28.2 Å². The van der Waals surface area contributed by atoms with E-state index in [0.29, 0.717) is 6.04 Å². The first-order chi connectivity index (χ1) is 9.92. The fourth-order valence-corrected chi connectivity index (χ4v) is 2.47. The smallest absolute Gasteiger partial charge is 0.272 e. The normalized spacial score (nSPS) is 22.7. The minimum atomic E-state index is -0.289. The number of carbonyl (C=O) groups is 1. The molecule has 0 unspecified atom stereocenters. The number of rotatable bonds is 4. The number of carbonyl (C=O) groups excluding carboxylic acids is 1. The van der Waals surface area contributed by atoms with Gasteiger partial charge < -0.3 is 10.1 Å². The van der Waals surface area contributed by atoms with Gasteiger partial charge in [0.2, 0.25) is 0 Å². The first-order valence-electron chi connectivity index (χ1n) is 7.04. The first-order valence-corrected chi connectivity index (χ1v) is 7.04. The second-order valence-corrected chi connectivity index (χ2v) is 5.58. The molecule has 7 nitrogen and oxygen atoms in total. The molecule has 1 saturated heterocycles. The predicted molar refractivity (Wildman–Crippen MR) is 78.2 cm³/mol. The topological polar surface area (TPSA) is 76.5 Å². The number of ether oxygens (including phenoxy) is 1. The fraction of sp³-hybridized carbons (Fsp3) is 0.643. The van der Waals surface area contributed by atoms with Gasteiger partial charge >= 0.3 is 0 Å². The number of hydrogen-bond donors (Lipinski definition) is 1. The van der Waals surface area contributed by atoms with Crippen LogP contribution in [0.1, 0.15) is 24.3 Å². The van der Waals surface area contributed by atoms with Crippen LogP contribution in [0.25, 0.3) is 0 Å². The summed E-state index contributed by atoms with van der Waals surface area (Å²) in [6, 6.07) is 3.10. The van der Waals surface area contributed by atoms with Crippen LogP contribution in [0.2, 0.25) is 0 Å². The zero-order chi connectivity index (χ0) is 15.6. The van der Waals surface area contributed by atoms with Gasteiger partial charge in [-0.15, -0.1) is 0 Å². The van der Waals surface area contributed by atoms with Gasteiger partial charge in [-0.1, -0.05) is 0 Å². The Balaban J connectivity index is 2.07. The van der Waals surface area contributed by atoms with Crippen molar-refractivity contribution < 1.29 is 9.53 Å². The molecular weight excluding hydrogens is 272 g/mol. The number of hydrogen-bond acceptors (Lipinski definition) is 5. The summed E-state index contributed by atoms with van der Waals surface area (Å²) in [6.07, 6.45) is -0.0381. The summed E-state index contributed by atoms with van der Waals surface area (Å²) >= 11 is 0.